The van der Waals surface area contributed by atoms with Gasteiger partial charge in [0.05, 0.1) is 10.8 Å². The van der Waals surface area contributed by atoms with Crippen molar-refractivity contribution in [2.75, 3.05) is 0 Å². The van der Waals surface area contributed by atoms with Crippen molar-refractivity contribution in [3.63, 3.8) is 0 Å². The Hall–Kier alpha value is -16.8. The number of fused-ring (bicyclic) bond motifs is 38. The lowest BCUT2D eigenvalue weighted by molar-refractivity contribution is 0.660. The molecule has 24 aromatic carbocycles. The largest absolute Gasteiger partial charge is 0.456 e. The smallest absolute Gasteiger partial charge is 0.135 e. The van der Waals surface area contributed by atoms with Gasteiger partial charge in [0.1, 0.15) is 11.2 Å². The van der Waals surface area contributed by atoms with Gasteiger partial charge in [0.15, 0.2) is 0 Å². The normalized spacial score (nSPS) is 13.8. The SMILES string of the molecule is CC1(C)c2ccccc2-c2ccc(-c3c4ccccc4c(-c4cccc(-c5cc6c(c7ccccc57)-c5ccc7ccccc7c5C65c6ccccc6-c6ccccc65)c4)c4ccccc34)cc21.c1ccc2c(c1)-c1ccccc1C21c2cc(-c3ccc(-c4c5ccccc5c(-c5ccc6oc7ccccc7c6c5)c5ccccc45)cc3)c3ccccc3c2-c2ccc3ccccc3c21. The molecule has 0 radical (unpaired) electrons. The van der Waals surface area contributed by atoms with Crippen LogP contribution in [-0.2, 0) is 16.2 Å². The van der Waals surface area contributed by atoms with E-state index in [4.69, 9.17) is 4.42 Å². The summed E-state index contributed by atoms with van der Waals surface area (Å²) in [6.45, 7) is 4.76. The van der Waals surface area contributed by atoms with E-state index in [0.717, 1.165) is 21.9 Å². The number of rotatable bonds is 6. The summed E-state index contributed by atoms with van der Waals surface area (Å²) in [7, 11) is 0. The van der Waals surface area contributed by atoms with Crippen LogP contribution in [0.3, 0.4) is 0 Å². The van der Waals surface area contributed by atoms with E-state index in [-0.39, 0.29) is 5.41 Å². The molecule has 0 amide bonds. The summed E-state index contributed by atoms with van der Waals surface area (Å²) in [5.41, 5.74) is 42.7. The first-order valence-electron chi connectivity index (χ1n) is 47.1. The average molecular weight is 1700 g/mol. The minimum absolute atomic E-state index is 0.0869. The highest BCUT2D eigenvalue weighted by atomic mass is 16.3. The van der Waals surface area contributed by atoms with Crippen molar-refractivity contribution in [2.45, 2.75) is 30.1 Å². The van der Waals surface area contributed by atoms with Gasteiger partial charge in [-0.25, -0.2) is 0 Å². The highest BCUT2D eigenvalue weighted by Crippen LogP contribution is 2.69. The van der Waals surface area contributed by atoms with Gasteiger partial charge in [0.25, 0.3) is 0 Å². The van der Waals surface area contributed by atoms with Gasteiger partial charge in [-0.1, -0.05) is 432 Å². The van der Waals surface area contributed by atoms with Gasteiger partial charge in [-0.15, -0.1) is 0 Å². The Kier molecular flexibility index (Phi) is 15.7. The fraction of sp³-hybridized carbons (Fsp3) is 0.0376. The van der Waals surface area contributed by atoms with Crippen molar-refractivity contribution in [3.05, 3.63) is 517 Å². The van der Waals surface area contributed by atoms with E-state index in [9.17, 15) is 0 Å². The summed E-state index contributed by atoms with van der Waals surface area (Å²) in [6.07, 6.45) is 0. The van der Waals surface area contributed by atoms with Gasteiger partial charge in [0.2, 0.25) is 0 Å². The Morgan fingerprint density at radius 3 is 0.903 bits per heavy atom. The summed E-state index contributed by atoms with van der Waals surface area (Å²) in [6, 6.07) is 174. The summed E-state index contributed by atoms with van der Waals surface area (Å²) >= 11 is 0. The highest BCUT2D eigenvalue weighted by Gasteiger charge is 2.55. The second kappa shape index (κ2) is 28.1. The van der Waals surface area contributed by atoms with E-state index in [1.807, 2.05) is 6.07 Å². The van der Waals surface area contributed by atoms with Gasteiger partial charge in [0, 0.05) is 16.2 Å². The van der Waals surface area contributed by atoms with E-state index >= 15 is 0 Å². The summed E-state index contributed by atoms with van der Waals surface area (Å²) in [5, 5.41) is 22.6. The first-order chi connectivity index (χ1) is 66.3. The standard InChI is InChI=1S/C68H44.C65H38O/c1-67(2)58-31-14-11-23-47(58)50-36-35-44(39-61(50)67)64-54-29-9-7-27-52(54)63(53-28-8-10-30-55(53)64)43-20-17-19-42(38-43)57-40-62-65(51-26-6-5-22-46(51)57)56-37-34-41-18-3-4-21-45(41)66(56)68(62)59-32-15-12-24-48(59)49-25-13-16-33-60(49)68;1-2-16-43-39(15-1)33-35-53-63-48-21-4-3-17-44(48)54(38-58(63)65(64(43)53)56-26-12-9-18-45(56)46-19-10-13-27-57(46)65)40-29-31-41(32-30-40)61-49-22-5-7-24-51(49)62(52-25-8-6-23-50(52)61)42-34-36-60-55(37-42)47-20-11-14-28-59(47)66-60/h3-40H,1-2H3;1-38H. The van der Waals surface area contributed by atoms with E-state index < -0.39 is 10.8 Å². The fourth-order valence-electron chi connectivity index (χ4n) is 25.9. The zero-order chi connectivity index (χ0) is 88.0. The lowest BCUT2D eigenvalue weighted by Gasteiger charge is -2.32. The zero-order valence-corrected chi connectivity index (χ0v) is 73.8. The molecular weight excluding hydrogens is 1610 g/mol. The predicted octanol–water partition coefficient (Wildman–Crippen LogP) is 35.5. The third-order valence-corrected chi connectivity index (χ3v) is 31.3. The molecule has 1 heteroatoms. The van der Waals surface area contributed by atoms with Crippen LogP contribution in [0.1, 0.15) is 69.5 Å². The number of hydrogen-bond donors (Lipinski definition) is 0. The maximum absolute atomic E-state index is 6.26. The molecule has 25 aromatic rings. The van der Waals surface area contributed by atoms with Gasteiger partial charge in [-0.05, 0) is 307 Å². The van der Waals surface area contributed by atoms with Crippen molar-refractivity contribution in [1.29, 1.82) is 0 Å². The average Bonchev–Trinajstić information content (AvgIpc) is 1.50. The first-order valence-corrected chi connectivity index (χ1v) is 47.1. The van der Waals surface area contributed by atoms with Crippen molar-refractivity contribution >= 4 is 108 Å². The Morgan fingerprint density at radius 2 is 0.448 bits per heavy atom. The Labute approximate surface area is 776 Å². The fourth-order valence-corrected chi connectivity index (χ4v) is 25.9. The van der Waals surface area contributed by atoms with Crippen LogP contribution in [-0.4, -0.2) is 0 Å². The molecule has 0 aliphatic heterocycles. The topological polar surface area (TPSA) is 13.1 Å². The molecule has 0 atom stereocenters. The molecule has 620 valence electrons. The lowest BCUT2D eigenvalue weighted by atomic mass is 9.69. The molecule has 1 nitrogen and oxygen atoms in total. The van der Waals surface area contributed by atoms with Crippen molar-refractivity contribution in [3.8, 4) is 122 Å². The van der Waals surface area contributed by atoms with Crippen LogP contribution in [0.25, 0.3) is 231 Å². The van der Waals surface area contributed by atoms with Crippen LogP contribution in [0, 0.1) is 0 Å². The molecule has 1 aromatic heterocycles. The van der Waals surface area contributed by atoms with E-state index in [1.54, 1.807) is 0 Å². The minimum Gasteiger partial charge on any atom is -0.456 e. The van der Waals surface area contributed by atoms with Gasteiger partial charge >= 0.3 is 0 Å². The Morgan fingerprint density at radius 1 is 0.149 bits per heavy atom. The molecule has 134 heavy (non-hydrogen) atoms. The molecular formula is C133H82O. The van der Waals surface area contributed by atoms with E-state index in [0.29, 0.717) is 0 Å². The van der Waals surface area contributed by atoms with Crippen LogP contribution in [0.2, 0.25) is 0 Å². The van der Waals surface area contributed by atoms with Crippen LogP contribution in [0.5, 0.6) is 0 Å². The van der Waals surface area contributed by atoms with Crippen LogP contribution in [0.4, 0.5) is 0 Å². The number of hydrogen-bond acceptors (Lipinski definition) is 1. The minimum atomic E-state index is -0.493. The monoisotopic (exact) mass is 1690 g/mol. The van der Waals surface area contributed by atoms with Gasteiger partial charge < -0.3 is 4.42 Å². The lowest BCUT2D eigenvalue weighted by Crippen LogP contribution is -2.26. The molecule has 0 N–H and O–H groups in total. The quantitative estimate of drug-likeness (QED) is 0.151. The molecule has 5 aliphatic rings. The number of benzene rings is 24. The van der Waals surface area contributed by atoms with Crippen LogP contribution in [0.15, 0.2) is 465 Å². The van der Waals surface area contributed by atoms with Crippen molar-refractivity contribution < 1.29 is 4.42 Å². The molecule has 0 unspecified atom stereocenters. The second-order valence-corrected chi connectivity index (χ2v) is 38.0. The molecule has 0 fully saturated rings. The Balaban J connectivity index is 0.000000131. The van der Waals surface area contributed by atoms with Crippen LogP contribution < -0.4 is 0 Å². The van der Waals surface area contributed by atoms with E-state index in [2.05, 4.69) is 469 Å². The molecule has 0 saturated heterocycles. The predicted molar refractivity (Wildman–Crippen MR) is 563 cm³/mol. The maximum Gasteiger partial charge on any atom is 0.135 e. The molecule has 0 saturated carbocycles. The molecule has 1 heterocycles. The van der Waals surface area contributed by atoms with Gasteiger partial charge in [-0.2, -0.15) is 0 Å². The van der Waals surface area contributed by atoms with Crippen molar-refractivity contribution in [1.82, 2.24) is 0 Å². The third kappa shape index (κ3) is 10.1. The third-order valence-electron chi connectivity index (χ3n) is 31.3. The molecule has 30 rings (SSSR count). The highest BCUT2D eigenvalue weighted by molar-refractivity contribution is 6.25. The molecule has 0 bridgehead atoms. The molecule has 5 aliphatic carbocycles. The van der Waals surface area contributed by atoms with E-state index in [1.165, 1.54) is 264 Å². The summed E-state index contributed by atoms with van der Waals surface area (Å²) < 4.78 is 6.26. The number of furan rings is 1. The Bertz CT molecular complexity index is 9290. The van der Waals surface area contributed by atoms with Crippen LogP contribution >= 0.6 is 0 Å². The summed E-state index contributed by atoms with van der Waals surface area (Å²) in [5.74, 6) is 0. The van der Waals surface area contributed by atoms with Gasteiger partial charge in [-0.3, -0.25) is 0 Å². The molecule has 2 spiro atoms. The number of para-hydroxylation sites is 1. The second-order valence-electron chi connectivity index (χ2n) is 38.0. The zero-order valence-electron chi connectivity index (χ0n) is 73.8. The van der Waals surface area contributed by atoms with Crippen molar-refractivity contribution in [2.24, 2.45) is 0 Å². The summed E-state index contributed by atoms with van der Waals surface area (Å²) in [4.78, 5) is 0. The first kappa shape index (κ1) is 75.0. The maximum atomic E-state index is 6.26.